The molecule has 0 heterocycles. The number of benzene rings is 2. The summed E-state index contributed by atoms with van der Waals surface area (Å²) in [6.45, 7) is 0. The zero-order valence-electron chi connectivity index (χ0n) is 11.2. The summed E-state index contributed by atoms with van der Waals surface area (Å²) in [5.74, 6) is 1.42. The Morgan fingerprint density at radius 3 is 1.74 bits per heavy atom. The van der Waals surface area contributed by atoms with Crippen LogP contribution in [-0.2, 0) is 0 Å². The monoisotopic (exact) mass is 247 g/mol. The predicted octanol–water partition coefficient (Wildman–Crippen LogP) is 5.16. The summed E-state index contributed by atoms with van der Waals surface area (Å²) in [4.78, 5) is 0. The molecule has 19 heavy (non-hydrogen) atoms. The van der Waals surface area contributed by atoms with Gasteiger partial charge in [0.2, 0.25) is 0 Å². The van der Waals surface area contributed by atoms with Crippen molar-refractivity contribution < 1.29 is 0 Å². The lowest BCUT2D eigenvalue weighted by Crippen LogP contribution is -2.08. The molecule has 0 amide bonds. The van der Waals surface area contributed by atoms with Crippen LogP contribution in [0.1, 0.15) is 36.8 Å². The maximum absolute atomic E-state index is 2.43. The van der Waals surface area contributed by atoms with Crippen LogP contribution in [0.3, 0.4) is 0 Å². The fourth-order valence-electron chi connectivity index (χ4n) is 2.81. The van der Waals surface area contributed by atoms with Crippen LogP contribution in [-0.4, -0.2) is 0 Å². The largest absolute Gasteiger partial charge is 0.0840 e. The van der Waals surface area contributed by atoms with Gasteiger partial charge in [0.1, 0.15) is 0 Å². The highest BCUT2D eigenvalue weighted by atomic mass is 14.2. The van der Waals surface area contributed by atoms with E-state index < -0.39 is 0 Å². The third-order valence-electron chi connectivity index (χ3n) is 3.74. The Morgan fingerprint density at radius 2 is 1.26 bits per heavy atom. The van der Waals surface area contributed by atoms with E-state index in [1.165, 1.54) is 48.3 Å². The molecular weight excluding hydrogens is 228 g/mol. The van der Waals surface area contributed by atoms with Crippen LogP contribution in [0.25, 0.3) is 0 Å². The molecule has 0 unspecified atom stereocenters. The predicted molar refractivity (Wildman–Crippen MR) is 80.9 cm³/mol. The van der Waals surface area contributed by atoms with Crippen molar-refractivity contribution in [2.24, 2.45) is 0 Å². The Hall–Kier alpha value is -1.82. The van der Waals surface area contributed by atoms with Gasteiger partial charge in [-0.15, -0.1) is 0 Å². The number of hydrogen-bond donors (Lipinski definition) is 0. The number of rotatable bonds is 3. The van der Waals surface area contributed by atoms with Gasteiger partial charge in [0.15, 0.2) is 0 Å². The van der Waals surface area contributed by atoms with E-state index in [1.807, 2.05) is 0 Å². The van der Waals surface area contributed by atoms with Crippen LogP contribution in [0.15, 0.2) is 72.3 Å². The van der Waals surface area contributed by atoms with Gasteiger partial charge in [-0.25, -0.2) is 0 Å². The lowest BCUT2D eigenvalue weighted by atomic mass is 9.80. The molecule has 1 aliphatic rings. The number of allylic oxidation sites excluding steroid dienone is 2. The third-order valence-corrected chi connectivity index (χ3v) is 3.74. The molecule has 0 heteroatoms. The van der Waals surface area contributed by atoms with E-state index in [0.717, 1.165) is 0 Å². The second-order valence-corrected chi connectivity index (χ2v) is 5.08. The quantitative estimate of drug-likeness (QED) is 0.703. The van der Waals surface area contributed by atoms with Crippen molar-refractivity contribution in [3.05, 3.63) is 89.4 Å². The van der Waals surface area contributed by atoms with E-state index >= 15 is 0 Å². The van der Waals surface area contributed by atoms with Crippen molar-refractivity contribution in [2.45, 2.75) is 25.7 Å². The van der Waals surface area contributed by atoms with Crippen LogP contribution in [0.5, 0.6) is 0 Å². The minimum atomic E-state index is 1.21. The molecule has 0 fully saturated rings. The minimum absolute atomic E-state index is 1.21. The molecule has 0 spiro atoms. The van der Waals surface area contributed by atoms with Gasteiger partial charge in [0, 0.05) is 0 Å². The minimum Gasteiger partial charge on any atom is -0.0840 e. The van der Waals surface area contributed by atoms with Crippen LogP contribution >= 0.6 is 0 Å². The normalized spacial score (nSPS) is 15.3. The first-order chi connectivity index (χ1) is 9.45. The van der Waals surface area contributed by atoms with E-state index in [1.54, 1.807) is 0 Å². The fourth-order valence-corrected chi connectivity index (χ4v) is 2.81. The summed E-state index contributed by atoms with van der Waals surface area (Å²) in [7, 11) is 0. The summed E-state index contributed by atoms with van der Waals surface area (Å²) in [5, 5.41) is 0. The Balaban J connectivity index is 2.03. The molecule has 2 aromatic carbocycles. The van der Waals surface area contributed by atoms with Crippen molar-refractivity contribution in [1.82, 2.24) is 0 Å². The van der Waals surface area contributed by atoms with Gasteiger partial charge in [-0.1, -0.05) is 72.3 Å². The average Bonchev–Trinajstić information content (AvgIpc) is 2.51. The van der Waals surface area contributed by atoms with Crippen molar-refractivity contribution in [3.8, 4) is 0 Å². The molecule has 0 atom stereocenters. The molecule has 0 nitrogen and oxygen atoms in total. The first-order valence-corrected chi connectivity index (χ1v) is 7.12. The molecule has 3 rings (SSSR count). The molecule has 0 saturated heterocycles. The lowest BCUT2D eigenvalue weighted by Gasteiger charge is -2.23. The molecule has 2 aromatic rings. The second kappa shape index (κ2) is 5.88. The molecule has 1 aliphatic carbocycles. The second-order valence-electron chi connectivity index (χ2n) is 5.08. The molecule has 0 bridgehead atoms. The summed E-state index contributed by atoms with van der Waals surface area (Å²) < 4.78 is 0. The highest BCUT2D eigenvalue weighted by molar-refractivity contribution is 5.55. The molecular formula is C19H19. The van der Waals surface area contributed by atoms with Gasteiger partial charge in [-0.2, -0.15) is 0 Å². The van der Waals surface area contributed by atoms with Crippen molar-refractivity contribution in [2.75, 3.05) is 0 Å². The Kier molecular flexibility index (Phi) is 3.78. The molecule has 1 radical (unpaired) electrons. The highest BCUT2D eigenvalue weighted by Crippen LogP contribution is 2.35. The van der Waals surface area contributed by atoms with Crippen molar-refractivity contribution >= 4 is 0 Å². The first-order valence-electron chi connectivity index (χ1n) is 7.12. The topological polar surface area (TPSA) is 0 Å². The van der Waals surface area contributed by atoms with E-state index in [9.17, 15) is 0 Å². The number of hydrogen-bond acceptors (Lipinski definition) is 0. The average molecular weight is 247 g/mol. The van der Waals surface area contributed by atoms with Gasteiger partial charge in [0.25, 0.3) is 0 Å². The Bertz CT molecular complexity index is 497. The van der Waals surface area contributed by atoms with Crippen molar-refractivity contribution in [3.63, 3.8) is 0 Å². The zero-order valence-corrected chi connectivity index (χ0v) is 11.2. The van der Waals surface area contributed by atoms with Gasteiger partial charge in [-0.05, 0) is 36.8 Å². The smallest absolute Gasteiger partial charge is 0.0585 e. The van der Waals surface area contributed by atoms with E-state index in [0.29, 0.717) is 0 Å². The third kappa shape index (κ3) is 2.78. The summed E-state index contributed by atoms with van der Waals surface area (Å²) in [6, 6.07) is 21.6. The maximum atomic E-state index is 2.43. The molecule has 95 valence electrons. The summed E-state index contributed by atoms with van der Waals surface area (Å²) >= 11 is 0. The Labute approximate surface area is 115 Å². The molecule has 0 saturated carbocycles. The van der Waals surface area contributed by atoms with Gasteiger partial charge < -0.3 is 0 Å². The van der Waals surface area contributed by atoms with Crippen LogP contribution in [0.2, 0.25) is 0 Å². The maximum Gasteiger partial charge on any atom is 0.0585 e. The Morgan fingerprint density at radius 1 is 0.684 bits per heavy atom. The fraction of sp³-hybridized carbons (Fsp3) is 0.211. The van der Waals surface area contributed by atoms with E-state index in [4.69, 9.17) is 0 Å². The molecule has 0 N–H and O–H groups in total. The summed E-state index contributed by atoms with van der Waals surface area (Å²) in [6.07, 6.45) is 7.51. The zero-order chi connectivity index (χ0) is 12.9. The van der Waals surface area contributed by atoms with Gasteiger partial charge >= 0.3 is 0 Å². The van der Waals surface area contributed by atoms with Gasteiger partial charge in [-0.3, -0.25) is 0 Å². The highest BCUT2D eigenvalue weighted by Gasteiger charge is 2.20. The first kappa shape index (κ1) is 12.2. The SMILES string of the molecule is C1=C([C](c2ccccc2)c2ccccc2)CCCC1. The van der Waals surface area contributed by atoms with Gasteiger partial charge in [0.05, 0.1) is 5.92 Å². The summed E-state index contributed by atoms with van der Waals surface area (Å²) in [5.41, 5.74) is 4.19. The van der Waals surface area contributed by atoms with Crippen LogP contribution in [0.4, 0.5) is 0 Å². The van der Waals surface area contributed by atoms with E-state index in [2.05, 4.69) is 66.7 Å². The van der Waals surface area contributed by atoms with Crippen molar-refractivity contribution in [1.29, 1.82) is 0 Å². The van der Waals surface area contributed by atoms with Crippen LogP contribution in [0, 0.1) is 5.92 Å². The molecule has 0 aliphatic heterocycles. The standard InChI is InChI=1S/C19H19/c1-4-10-16(11-5-1)19(17-12-6-2-7-13-17)18-14-8-3-9-15-18/h1-2,4-7,10-14H,3,8-9,15H2. The van der Waals surface area contributed by atoms with Crippen LogP contribution < -0.4 is 0 Å². The van der Waals surface area contributed by atoms with E-state index in [-0.39, 0.29) is 0 Å². The molecule has 0 aromatic heterocycles. The lowest BCUT2D eigenvalue weighted by molar-refractivity contribution is 0.698.